The molecule has 0 radical (unpaired) electrons. The molecular weight excluding hydrogens is 795 g/mol. The van der Waals surface area contributed by atoms with E-state index in [1.165, 1.54) is 27.2 Å². The van der Waals surface area contributed by atoms with E-state index in [1.807, 2.05) is 19.1 Å². The fourth-order valence-corrected chi connectivity index (χ4v) is 9.37. The highest BCUT2D eigenvalue weighted by molar-refractivity contribution is 6.22. The van der Waals surface area contributed by atoms with E-state index < -0.39 is 53.1 Å². The van der Waals surface area contributed by atoms with Crippen LogP contribution in [0.2, 0.25) is 0 Å². The Hall–Kier alpha value is -5.73. The smallest absolute Gasteiger partial charge is 0.312 e. The molecule has 1 N–H and O–H groups in total. The predicted molar refractivity (Wildman–Crippen MR) is 233 cm³/mol. The second-order valence-electron chi connectivity index (χ2n) is 17.7. The van der Waals surface area contributed by atoms with Gasteiger partial charge in [-0.2, -0.15) is 0 Å². The number of nitrogens with zero attached hydrogens (tertiary/aromatic N) is 2. The summed E-state index contributed by atoms with van der Waals surface area (Å²) in [6.07, 6.45) is 8.30. The van der Waals surface area contributed by atoms with E-state index in [0.29, 0.717) is 46.9 Å². The van der Waals surface area contributed by atoms with Crippen molar-refractivity contribution in [2.45, 2.75) is 91.8 Å². The van der Waals surface area contributed by atoms with Crippen molar-refractivity contribution in [3.63, 3.8) is 0 Å². The minimum Gasteiger partial charge on any atom is -0.493 e. The Balaban J connectivity index is 1.44. The summed E-state index contributed by atoms with van der Waals surface area (Å²) in [4.78, 5) is 64.6. The zero-order valence-electron chi connectivity index (χ0n) is 36.8. The normalized spacial score (nSPS) is 30.0. The predicted octanol–water partition coefficient (Wildman–Crippen LogP) is 7.76. The molecular formula is C48H55N3O11. The lowest BCUT2D eigenvalue weighted by Gasteiger charge is -2.36. The minimum absolute atomic E-state index is 0.00665. The second kappa shape index (κ2) is 16.9. The van der Waals surface area contributed by atoms with E-state index in [4.69, 9.17) is 37.8 Å². The number of amides is 1. The summed E-state index contributed by atoms with van der Waals surface area (Å²) in [6, 6.07) is 5.27. The van der Waals surface area contributed by atoms with Crippen LogP contribution in [0.3, 0.4) is 0 Å². The molecule has 4 unspecified atom stereocenters. The van der Waals surface area contributed by atoms with E-state index in [1.54, 1.807) is 44.2 Å². The van der Waals surface area contributed by atoms with Crippen LogP contribution in [-0.4, -0.2) is 85.5 Å². The summed E-state index contributed by atoms with van der Waals surface area (Å²) < 4.78 is 44.6. The van der Waals surface area contributed by atoms with Crippen LogP contribution in [0.15, 0.2) is 63.6 Å². The Morgan fingerprint density at radius 3 is 2.58 bits per heavy atom. The van der Waals surface area contributed by atoms with Gasteiger partial charge in [0.25, 0.3) is 11.7 Å². The molecule has 2 aromatic carbocycles. The number of ether oxygens (including phenoxy) is 6. The number of aromatic nitrogens is 1. The van der Waals surface area contributed by atoms with Crippen LogP contribution in [0.4, 0.5) is 5.69 Å². The molecule has 1 amide bonds. The molecule has 0 saturated carbocycles. The summed E-state index contributed by atoms with van der Waals surface area (Å²) >= 11 is 0. The highest BCUT2D eigenvalue weighted by atomic mass is 16.7. The van der Waals surface area contributed by atoms with Crippen LogP contribution >= 0.6 is 0 Å². The van der Waals surface area contributed by atoms with Gasteiger partial charge in [0.15, 0.2) is 11.3 Å². The average Bonchev–Trinajstić information content (AvgIpc) is 3.77. The molecule has 8 atom stereocenters. The second-order valence-corrected chi connectivity index (χ2v) is 17.7. The number of rotatable bonds is 5. The molecule has 1 saturated heterocycles. The Morgan fingerprint density at radius 1 is 1.06 bits per heavy atom. The molecule has 6 aliphatic rings. The third-order valence-corrected chi connectivity index (χ3v) is 12.7. The van der Waals surface area contributed by atoms with Crippen LogP contribution in [0.5, 0.6) is 17.2 Å². The molecule has 1 fully saturated rings. The van der Waals surface area contributed by atoms with Gasteiger partial charge in [0, 0.05) is 61.9 Å². The molecule has 14 heteroatoms. The number of hydrogen-bond acceptors (Lipinski definition) is 13. The summed E-state index contributed by atoms with van der Waals surface area (Å²) in [5.41, 5.74) is 0.656. The van der Waals surface area contributed by atoms with Crippen molar-refractivity contribution in [2.24, 2.45) is 23.7 Å². The van der Waals surface area contributed by atoms with Gasteiger partial charge in [0.05, 0.1) is 29.9 Å². The van der Waals surface area contributed by atoms with Crippen molar-refractivity contribution < 1.29 is 47.2 Å². The monoisotopic (exact) mass is 849 g/mol. The van der Waals surface area contributed by atoms with Crippen molar-refractivity contribution in [1.82, 2.24) is 9.88 Å². The standard InChI is InChI=1S/C48H55N3O11/c1-24-11-10-12-26(3)47(55)50-40-41(53)37-36(39-45(40)60-34-21-31(13-14-32(34)49-39)57-23-30-15-17-51(8)22-30)38-44-28(5)43(37)61-35(20-25(2)19-24)42(59-29(6)52)27(4)33(56-9)16-18-58-48(7,62-44)46(38)54/h10-14,16,18,21,24-25,27,30,33,35,42H,15,17,19-20,22-23H2,1-9H3,(H,50,55)/b11-10+,18-16+,26-12-/t24?,25-,27-,30?,33+,35?,42?,48+/m1/s1. The first kappa shape index (κ1) is 42.9. The fourth-order valence-electron chi connectivity index (χ4n) is 9.37. The molecule has 0 aromatic heterocycles. The number of carbonyl (C=O) groups excluding carboxylic acids is 3. The van der Waals surface area contributed by atoms with Crippen LogP contribution < -0.4 is 25.0 Å². The van der Waals surface area contributed by atoms with Crippen LogP contribution in [0.1, 0.15) is 76.7 Å². The molecule has 1 aliphatic carbocycles. The van der Waals surface area contributed by atoms with Crippen LogP contribution in [-0.2, 0) is 23.8 Å². The third kappa shape index (κ3) is 7.94. The van der Waals surface area contributed by atoms with Gasteiger partial charge in [0.1, 0.15) is 46.4 Å². The SMILES string of the molecule is CO[C@H]1/C=C/O[C@@]2(C)Oc3c(C)c4c5c(=O)c(c6oc7cc(OCC8CCN(C)C8)ccc7nc-6c5c3C2=O)NC(=O)/C(C)=C\C=C\C(C)C[C@@H](C)CC(O4)C(OC(C)=O)[C@@H]1C. The number of fused-ring (bicyclic) bond motifs is 8. The Labute approximate surface area is 360 Å². The number of ketones is 1. The largest absolute Gasteiger partial charge is 0.493 e. The molecule has 0 spiro atoms. The topological polar surface area (TPSA) is 165 Å². The first-order valence-electron chi connectivity index (χ1n) is 21.4. The van der Waals surface area contributed by atoms with Gasteiger partial charge in [-0.25, -0.2) is 4.98 Å². The van der Waals surface area contributed by atoms with Gasteiger partial charge >= 0.3 is 11.8 Å². The number of benzene rings is 3. The average molecular weight is 850 g/mol. The van der Waals surface area contributed by atoms with E-state index in [0.717, 1.165) is 25.9 Å². The van der Waals surface area contributed by atoms with Crippen molar-refractivity contribution in [3.05, 3.63) is 75.7 Å². The first-order chi connectivity index (χ1) is 29.6. The van der Waals surface area contributed by atoms with Gasteiger partial charge in [-0.05, 0) is 76.7 Å². The lowest BCUT2D eigenvalue weighted by molar-refractivity contribution is -0.159. The lowest BCUT2D eigenvalue weighted by atomic mass is 9.85. The van der Waals surface area contributed by atoms with Gasteiger partial charge in [-0.3, -0.25) is 19.2 Å². The minimum atomic E-state index is -1.88. The van der Waals surface area contributed by atoms with Gasteiger partial charge in [-0.15, -0.1) is 0 Å². The maximum absolute atomic E-state index is 15.5. The number of likely N-dealkylation sites (tertiary alicyclic amines) is 1. The maximum atomic E-state index is 15.5. The molecule has 62 heavy (non-hydrogen) atoms. The van der Waals surface area contributed by atoms with Crippen molar-refractivity contribution in [3.8, 4) is 28.7 Å². The van der Waals surface area contributed by atoms with Gasteiger partial charge in [0.2, 0.25) is 5.43 Å². The number of Topliss-reactive ketones (excluding diaryl/α,β-unsaturated/α-hetero) is 1. The molecule has 6 bridgehead atoms. The van der Waals surface area contributed by atoms with Crippen molar-refractivity contribution in [1.29, 1.82) is 0 Å². The first-order valence-corrected chi connectivity index (χ1v) is 21.4. The molecule has 14 nitrogen and oxygen atoms in total. The maximum Gasteiger partial charge on any atom is 0.312 e. The molecule has 5 aliphatic heterocycles. The number of allylic oxidation sites excluding steroid dienone is 3. The van der Waals surface area contributed by atoms with E-state index in [-0.39, 0.29) is 56.8 Å². The molecule has 2 aromatic rings. The Morgan fingerprint density at radius 2 is 1.85 bits per heavy atom. The number of nitrogens with one attached hydrogen (secondary N) is 1. The third-order valence-electron chi connectivity index (χ3n) is 12.7. The van der Waals surface area contributed by atoms with Crippen molar-refractivity contribution >= 4 is 45.2 Å². The number of carbonyl (C=O) groups is 3. The number of anilines is 1. The zero-order valence-corrected chi connectivity index (χ0v) is 36.8. The summed E-state index contributed by atoms with van der Waals surface area (Å²) in [7, 11) is 3.62. The summed E-state index contributed by atoms with van der Waals surface area (Å²) in [5.74, 6) is -2.86. The van der Waals surface area contributed by atoms with E-state index in [9.17, 15) is 14.4 Å². The van der Waals surface area contributed by atoms with Crippen LogP contribution in [0.25, 0.3) is 33.3 Å². The zero-order chi connectivity index (χ0) is 44.2. The number of esters is 1. The number of methoxy groups -OCH3 is 1. The molecule has 5 heterocycles. The van der Waals surface area contributed by atoms with E-state index >= 15 is 4.79 Å². The Kier molecular flexibility index (Phi) is 11.7. The Bertz CT molecular complexity index is 2580. The highest BCUT2D eigenvalue weighted by Crippen LogP contribution is 2.51. The fraction of sp³-hybridized carbons (Fsp3) is 0.479. The summed E-state index contributed by atoms with van der Waals surface area (Å²) in [6.45, 7) is 14.7. The highest BCUT2D eigenvalue weighted by Gasteiger charge is 2.51. The molecule has 328 valence electrons. The summed E-state index contributed by atoms with van der Waals surface area (Å²) in [5, 5.41) is 2.93. The van der Waals surface area contributed by atoms with E-state index in [2.05, 4.69) is 31.1 Å². The van der Waals surface area contributed by atoms with Gasteiger partial charge in [-0.1, -0.05) is 39.0 Å². The molecule has 8 rings (SSSR count). The quantitative estimate of drug-likeness (QED) is 0.118. The van der Waals surface area contributed by atoms with Crippen molar-refractivity contribution in [2.75, 3.05) is 39.2 Å². The van der Waals surface area contributed by atoms with Crippen LogP contribution in [0, 0.1) is 30.6 Å². The lowest BCUT2D eigenvalue weighted by Crippen LogP contribution is -2.45. The van der Waals surface area contributed by atoms with Gasteiger partial charge < -0.3 is 43.1 Å². The number of hydrogen-bond donors (Lipinski definition) is 1.